The number of methoxy groups -OCH3 is 1. The van der Waals surface area contributed by atoms with E-state index in [-0.39, 0.29) is 6.04 Å². The van der Waals surface area contributed by atoms with E-state index in [0.717, 1.165) is 28.0 Å². The Balaban J connectivity index is 1.64. The summed E-state index contributed by atoms with van der Waals surface area (Å²) in [5.74, 6) is 7.07. The molecular weight excluding hydrogens is 350 g/mol. The molecule has 1 N–H and O–H groups in total. The van der Waals surface area contributed by atoms with E-state index in [4.69, 9.17) is 9.47 Å². The summed E-state index contributed by atoms with van der Waals surface area (Å²) in [7, 11) is 1.62. The summed E-state index contributed by atoms with van der Waals surface area (Å²) in [6.45, 7) is 0. The zero-order chi connectivity index (χ0) is 19.3. The molecule has 0 unspecified atom stereocenters. The van der Waals surface area contributed by atoms with Crippen LogP contribution in [-0.2, 0) is 4.74 Å². The average molecular weight is 369 g/mol. The smallest absolute Gasteiger partial charge is 0.408 e. The molecule has 0 aliphatic carbocycles. The van der Waals surface area contributed by atoms with Crippen LogP contribution in [0.15, 0.2) is 78.9 Å². The fourth-order valence-electron chi connectivity index (χ4n) is 3.23. The third-order valence-electron chi connectivity index (χ3n) is 4.60. The van der Waals surface area contributed by atoms with Crippen molar-refractivity contribution in [3.05, 3.63) is 101 Å². The number of carbonyl (C=O) groups excluding carboxylic acids is 1. The first-order chi connectivity index (χ1) is 13.7. The van der Waals surface area contributed by atoms with E-state index in [1.54, 1.807) is 7.11 Å². The predicted molar refractivity (Wildman–Crippen MR) is 107 cm³/mol. The minimum Gasteiger partial charge on any atom is -0.497 e. The Bertz CT molecular complexity index is 1050. The Hall–Kier alpha value is -3.71. The molecule has 0 saturated carbocycles. The molecule has 0 bridgehead atoms. The zero-order valence-electron chi connectivity index (χ0n) is 15.4. The van der Waals surface area contributed by atoms with Crippen molar-refractivity contribution in [1.29, 1.82) is 0 Å². The Morgan fingerprint density at radius 1 is 0.857 bits per heavy atom. The number of cyclic esters (lactones) is 1. The van der Waals surface area contributed by atoms with E-state index >= 15 is 0 Å². The van der Waals surface area contributed by atoms with Crippen LogP contribution in [0.2, 0.25) is 0 Å². The largest absolute Gasteiger partial charge is 0.497 e. The van der Waals surface area contributed by atoms with E-state index < -0.39 is 12.2 Å². The van der Waals surface area contributed by atoms with Gasteiger partial charge >= 0.3 is 6.09 Å². The highest BCUT2D eigenvalue weighted by molar-refractivity contribution is 5.71. The predicted octanol–water partition coefficient (Wildman–Crippen LogP) is 4.62. The van der Waals surface area contributed by atoms with Gasteiger partial charge in [-0.25, -0.2) is 4.79 Å². The number of rotatable bonds is 3. The molecule has 1 amide bonds. The summed E-state index contributed by atoms with van der Waals surface area (Å²) < 4.78 is 10.8. The van der Waals surface area contributed by atoms with Crippen LogP contribution in [0.25, 0.3) is 0 Å². The van der Waals surface area contributed by atoms with E-state index in [1.165, 1.54) is 0 Å². The van der Waals surface area contributed by atoms with Gasteiger partial charge in [0, 0.05) is 11.1 Å². The summed E-state index contributed by atoms with van der Waals surface area (Å²) in [5, 5.41) is 2.91. The maximum Gasteiger partial charge on any atom is 0.408 e. The van der Waals surface area contributed by atoms with Gasteiger partial charge in [-0.15, -0.1) is 0 Å². The molecule has 4 nitrogen and oxygen atoms in total. The van der Waals surface area contributed by atoms with Crippen molar-refractivity contribution in [2.75, 3.05) is 7.11 Å². The lowest BCUT2D eigenvalue weighted by Gasteiger charge is -2.18. The van der Waals surface area contributed by atoms with E-state index in [2.05, 4.69) is 17.2 Å². The molecule has 4 heteroatoms. The average Bonchev–Trinajstić information content (AvgIpc) is 3.15. The molecule has 1 fully saturated rings. The molecule has 3 aromatic rings. The number of alkyl carbamates (subject to hydrolysis) is 1. The third-order valence-corrected chi connectivity index (χ3v) is 4.60. The monoisotopic (exact) mass is 369 g/mol. The number of hydrogen-bond donors (Lipinski definition) is 1. The molecule has 2 atom stereocenters. The Kier molecular flexibility index (Phi) is 4.99. The standard InChI is InChI=1S/C24H19NO3/c1-27-21-12-6-11-20(16-21)23-22(25-24(26)28-23)19-10-5-9-18(15-19)14-13-17-7-3-2-4-8-17/h2-12,15-16,22-23H,1H3,(H,25,26)/t22-,23+/m1/s1. The van der Waals surface area contributed by atoms with Crippen LogP contribution < -0.4 is 10.1 Å². The van der Waals surface area contributed by atoms with Crippen LogP contribution in [-0.4, -0.2) is 13.2 Å². The highest BCUT2D eigenvalue weighted by Crippen LogP contribution is 2.37. The number of ether oxygens (including phenoxy) is 2. The van der Waals surface area contributed by atoms with Crippen molar-refractivity contribution in [1.82, 2.24) is 5.32 Å². The van der Waals surface area contributed by atoms with E-state index in [1.807, 2.05) is 78.9 Å². The van der Waals surface area contributed by atoms with E-state index in [9.17, 15) is 4.79 Å². The van der Waals surface area contributed by atoms with Crippen molar-refractivity contribution < 1.29 is 14.3 Å². The Morgan fingerprint density at radius 3 is 2.39 bits per heavy atom. The molecule has 0 spiro atoms. The van der Waals surface area contributed by atoms with Crippen molar-refractivity contribution in [3.63, 3.8) is 0 Å². The van der Waals surface area contributed by atoms with Gasteiger partial charge in [0.15, 0.2) is 6.10 Å². The molecular formula is C24H19NO3. The second-order valence-electron chi connectivity index (χ2n) is 6.47. The van der Waals surface area contributed by atoms with Crippen molar-refractivity contribution >= 4 is 6.09 Å². The van der Waals surface area contributed by atoms with Gasteiger partial charge < -0.3 is 14.8 Å². The highest BCUT2D eigenvalue weighted by atomic mass is 16.6. The summed E-state index contributed by atoms with van der Waals surface area (Å²) in [5.41, 5.74) is 3.66. The molecule has 1 heterocycles. The zero-order valence-corrected chi connectivity index (χ0v) is 15.4. The van der Waals surface area contributed by atoms with Gasteiger partial charge in [-0.2, -0.15) is 0 Å². The lowest BCUT2D eigenvalue weighted by molar-refractivity contribution is 0.132. The Morgan fingerprint density at radius 2 is 1.57 bits per heavy atom. The molecule has 0 radical (unpaired) electrons. The topological polar surface area (TPSA) is 47.6 Å². The van der Waals surface area contributed by atoms with Gasteiger partial charge in [-0.3, -0.25) is 0 Å². The van der Waals surface area contributed by atoms with Gasteiger partial charge in [-0.05, 0) is 47.5 Å². The molecule has 28 heavy (non-hydrogen) atoms. The fraction of sp³-hybridized carbons (Fsp3) is 0.125. The second kappa shape index (κ2) is 7.89. The summed E-state index contributed by atoms with van der Waals surface area (Å²) >= 11 is 0. The van der Waals surface area contributed by atoms with Crippen LogP contribution in [0.3, 0.4) is 0 Å². The van der Waals surface area contributed by atoms with Crippen molar-refractivity contribution in [2.24, 2.45) is 0 Å². The normalized spacial score (nSPS) is 17.8. The quantitative estimate of drug-likeness (QED) is 0.686. The molecule has 1 aliphatic rings. The third kappa shape index (κ3) is 3.84. The Labute approximate surface area is 164 Å². The van der Waals surface area contributed by atoms with Crippen molar-refractivity contribution in [3.8, 4) is 17.6 Å². The lowest BCUT2D eigenvalue weighted by atomic mass is 9.95. The van der Waals surface area contributed by atoms with Crippen molar-refractivity contribution in [2.45, 2.75) is 12.1 Å². The number of amides is 1. The second-order valence-corrected chi connectivity index (χ2v) is 6.47. The number of nitrogens with one attached hydrogen (secondary N) is 1. The fourth-order valence-corrected chi connectivity index (χ4v) is 3.23. The van der Waals surface area contributed by atoms with Gasteiger partial charge in [0.2, 0.25) is 0 Å². The van der Waals surface area contributed by atoms with Gasteiger partial charge in [0.1, 0.15) is 5.75 Å². The SMILES string of the molecule is COc1cccc([C@@H]2OC(=O)N[C@@H]2c2cccc(C#Cc3ccccc3)c2)c1. The summed E-state index contributed by atoms with van der Waals surface area (Å²) in [4.78, 5) is 12.0. The molecule has 0 aromatic heterocycles. The molecule has 1 aliphatic heterocycles. The first-order valence-corrected chi connectivity index (χ1v) is 9.01. The molecule has 1 saturated heterocycles. The molecule has 138 valence electrons. The highest BCUT2D eigenvalue weighted by Gasteiger charge is 2.36. The molecule has 3 aromatic carbocycles. The van der Waals surface area contributed by atoms with Gasteiger partial charge in [-0.1, -0.05) is 54.3 Å². The molecule has 4 rings (SSSR count). The maximum absolute atomic E-state index is 12.0. The minimum atomic E-state index is -0.432. The van der Waals surface area contributed by atoms with Gasteiger partial charge in [0.05, 0.1) is 13.2 Å². The van der Waals surface area contributed by atoms with Crippen LogP contribution in [0.5, 0.6) is 5.75 Å². The van der Waals surface area contributed by atoms with Crippen LogP contribution >= 0.6 is 0 Å². The van der Waals surface area contributed by atoms with Crippen LogP contribution in [0.1, 0.15) is 34.4 Å². The van der Waals surface area contributed by atoms with E-state index in [0.29, 0.717) is 0 Å². The van der Waals surface area contributed by atoms with Crippen LogP contribution in [0, 0.1) is 11.8 Å². The number of hydrogen-bond acceptors (Lipinski definition) is 3. The first-order valence-electron chi connectivity index (χ1n) is 9.01. The minimum absolute atomic E-state index is 0.293. The van der Waals surface area contributed by atoms with Gasteiger partial charge in [0.25, 0.3) is 0 Å². The number of carbonyl (C=O) groups is 1. The number of benzene rings is 3. The summed E-state index contributed by atoms with van der Waals surface area (Å²) in [6.07, 6.45) is -0.862. The summed E-state index contributed by atoms with van der Waals surface area (Å²) in [6, 6.07) is 25.0. The lowest BCUT2D eigenvalue weighted by Crippen LogP contribution is -2.19. The maximum atomic E-state index is 12.0. The first kappa shape index (κ1) is 17.7. The van der Waals surface area contributed by atoms with Crippen LogP contribution in [0.4, 0.5) is 4.79 Å².